The zero-order valence-electron chi connectivity index (χ0n) is 10.2. The Labute approximate surface area is 106 Å². The lowest BCUT2D eigenvalue weighted by atomic mass is 10.0. The van der Waals surface area contributed by atoms with Crippen LogP contribution in [0, 0.1) is 0 Å². The lowest BCUT2D eigenvalue weighted by Gasteiger charge is -2.28. The van der Waals surface area contributed by atoms with E-state index in [1.165, 1.54) is 0 Å². The van der Waals surface area contributed by atoms with Crippen LogP contribution in [0.15, 0.2) is 24.3 Å². The molecule has 1 aliphatic heterocycles. The van der Waals surface area contributed by atoms with Crippen LogP contribution >= 0.6 is 0 Å². The average molecular weight is 244 g/mol. The van der Waals surface area contributed by atoms with Gasteiger partial charge in [-0.3, -0.25) is 9.59 Å². The van der Waals surface area contributed by atoms with E-state index in [0.29, 0.717) is 6.54 Å². The van der Waals surface area contributed by atoms with Gasteiger partial charge in [0, 0.05) is 18.3 Å². The van der Waals surface area contributed by atoms with Crippen LogP contribution in [-0.4, -0.2) is 24.4 Å². The van der Waals surface area contributed by atoms with Crippen molar-refractivity contribution in [2.45, 2.75) is 31.7 Å². The third-order valence-electron chi connectivity index (χ3n) is 3.46. The number of nitrogens with one attached hydrogen (secondary N) is 1. The molecule has 1 heterocycles. The molecule has 94 valence electrons. The lowest BCUT2D eigenvalue weighted by molar-refractivity contribution is -0.137. The molecule has 4 heteroatoms. The minimum absolute atomic E-state index is 0.224. The molecule has 0 saturated heterocycles. The predicted molar refractivity (Wildman–Crippen MR) is 68.3 cm³/mol. The number of anilines is 1. The Morgan fingerprint density at radius 2 is 2.00 bits per heavy atom. The molecule has 1 fully saturated rings. The van der Waals surface area contributed by atoms with Crippen LogP contribution in [0.2, 0.25) is 0 Å². The van der Waals surface area contributed by atoms with Crippen molar-refractivity contribution in [3.63, 3.8) is 0 Å². The summed E-state index contributed by atoms with van der Waals surface area (Å²) in [6.45, 7) is 0.633. The van der Waals surface area contributed by atoms with Crippen molar-refractivity contribution in [1.29, 1.82) is 0 Å². The van der Waals surface area contributed by atoms with Crippen LogP contribution in [0.1, 0.15) is 24.8 Å². The van der Waals surface area contributed by atoms with Gasteiger partial charge in [-0.1, -0.05) is 18.2 Å². The monoisotopic (exact) mass is 244 g/mol. The minimum Gasteiger partial charge on any atom is -0.345 e. The number of amides is 2. The van der Waals surface area contributed by atoms with Gasteiger partial charge in [-0.25, -0.2) is 0 Å². The van der Waals surface area contributed by atoms with E-state index < -0.39 is 11.8 Å². The third-order valence-corrected chi connectivity index (χ3v) is 3.46. The van der Waals surface area contributed by atoms with E-state index in [0.717, 1.165) is 36.9 Å². The number of fused-ring (bicyclic) bond motifs is 1. The molecule has 2 amide bonds. The molecular formula is C14H16N2O2. The summed E-state index contributed by atoms with van der Waals surface area (Å²) < 4.78 is 0. The summed E-state index contributed by atoms with van der Waals surface area (Å²) >= 11 is 0. The molecular weight excluding hydrogens is 228 g/mol. The van der Waals surface area contributed by atoms with E-state index >= 15 is 0 Å². The molecule has 0 spiro atoms. The first kappa shape index (κ1) is 11.3. The molecule has 1 saturated carbocycles. The van der Waals surface area contributed by atoms with Crippen molar-refractivity contribution in [2.24, 2.45) is 0 Å². The fraction of sp³-hybridized carbons (Fsp3) is 0.429. The minimum atomic E-state index is -0.464. The van der Waals surface area contributed by atoms with Crippen LogP contribution < -0.4 is 10.2 Å². The van der Waals surface area contributed by atoms with Crippen LogP contribution in [0.4, 0.5) is 5.69 Å². The molecule has 1 N–H and O–H groups in total. The molecule has 0 aromatic heterocycles. The molecule has 0 unspecified atom stereocenters. The van der Waals surface area contributed by atoms with Crippen molar-refractivity contribution >= 4 is 17.5 Å². The Hall–Kier alpha value is -1.84. The molecule has 0 atom stereocenters. The maximum atomic E-state index is 12.1. The van der Waals surface area contributed by atoms with E-state index in [-0.39, 0.29) is 6.04 Å². The molecule has 3 rings (SSSR count). The largest absolute Gasteiger partial charge is 0.345 e. The number of hydrogen-bond acceptors (Lipinski definition) is 2. The molecule has 1 aromatic carbocycles. The average Bonchev–Trinajstić information content (AvgIpc) is 3.21. The van der Waals surface area contributed by atoms with Crippen molar-refractivity contribution < 1.29 is 9.59 Å². The number of carbonyl (C=O) groups excluding carboxylic acids is 2. The highest BCUT2D eigenvalue weighted by Gasteiger charge is 2.31. The predicted octanol–water partition coefficient (Wildman–Crippen LogP) is 1.24. The summed E-state index contributed by atoms with van der Waals surface area (Å²) in [7, 11) is 0. The number of rotatable bonds is 1. The van der Waals surface area contributed by atoms with Gasteiger partial charge in [0.2, 0.25) is 0 Å². The SMILES string of the molecule is O=C(NC1CC1)C(=O)N1CCCc2ccccc21. The van der Waals surface area contributed by atoms with Crippen LogP contribution in [0.25, 0.3) is 0 Å². The van der Waals surface area contributed by atoms with Gasteiger partial charge in [0.05, 0.1) is 0 Å². The summed E-state index contributed by atoms with van der Waals surface area (Å²) in [5, 5.41) is 2.75. The normalized spacial score (nSPS) is 18.1. The highest BCUT2D eigenvalue weighted by molar-refractivity contribution is 6.40. The van der Waals surface area contributed by atoms with Crippen molar-refractivity contribution in [3.8, 4) is 0 Å². The highest BCUT2D eigenvalue weighted by Crippen LogP contribution is 2.27. The first-order valence-corrected chi connectivity index (χ1v) is 6.46. The van der Waals surface area contributed by atoms with Gasteiger partial charge in [0.1, 0.15) is 0 Å². The van der Waals surface area contributed by atoms with Gasteiger partial charge < -0.3 is 10.2 Å². The molecule has 4 nitrogen and oxygen atoms in total. The van der Waals surface area contributed by atoms with Gasteiger partial charge in [0.25, 0.3) is 0 Å². The second-order valence-electron chi connectivity index (χ2n) is 4.94. The standard InChI is InChI=1S/C14H16N2O2/c17-13(15-11-7-8-11)14(18)16-9-3-5-10-4-1-2-6-12(10)16/h1-2,4,6,11H,3,5,7-9H2,(H,15,17). The van der Waals surface area contributed by atoms with E-state index in [1.807, 2.05) is 24.3 Å². The Bertz CT molecular complexity index is 494. The zero-order valence-corrected chi connectivity index (χ0v) is 10.2. The summed E-state index contributed by atoms with van der Waals surface area (Å²) in [6.07, 6.45) is 3.88. The molecule has 2 aliphatic rings. The highest BCUT2D eigenvalue weighted by atomic mass is 16.2. The Kier molecular flexibility index (Phi) is 2.78. The number of benzene rings is 1. The van der Waals surface area contributed by atoms with Crippen LogP contribution in [0.5, 0.6) is 0 Å². The quantitative estimate of drug-likeness (QED) is 0.756. The summed E-state index contributed by atoms with van der Waals surface area (Å²) in [4.78, 5) is 25.5. The number of carbonyl (C=O) groups is 2. The van der Waals surface area contributed by atoms with Crippen LogP contribution in [-0.2, 0) is 16.0 Å². The number of hydrogen-bond donors (Lipinski definition) is 1. The molecule has 0 bridgehead atoms. The summed E-state index contributed by atoms with van der Waals surface area (Å²) in [5.41, 5.74) is 2.04. The Balaban J connectivity index is 1.79. The summed E-state index contributed by atoms with van der Waals surface area (Å²) in [6, 6.07) is 8.03. The third kappa shape index (κ3) is 2.10. The van der Waals surface area contributed by atoms with Gasteiger partial charge in [-0.15, -0.1) is 0 Å². The smallest absolute Gasteiger partial charge is 0.316 e. The van der Waals surface area contributed by atoms with E-state index in [1.54, 1.807) is 4.90 Å². The molecule has 1 aliphatic carbocycles. The van der Waals surface area contributed by atoms with E-state index in [4.69, 9.17) is 0 Å². The van der Waals surface area contributed by atoms with Crippen molar-refractivity contribution in [3.05, 3.63) is 29.8 Å². The lowest BCUT2D eigenvalue weighted by Crippen LogP contribution is -2.45. The molecule has 0 radical (unpaired) electrons. The second kappa shape index (κ2) is 4.44. The number of aryl methyl sites for hydroxylation is 1. The van der Waals surface area contributed by atoms with Gasteiger partial charge in [-0.05, 0) is 37.3 Å². The first-order valence-electron chi connectivity index (χ1n) is 6.46. The number of nitrogens with zero attached hydrogens (tertiary/aromatic N) is 1. The van der Waals surface area contributed by atoms with Crippen LogP contribution in [0.3, 0.4) is 0 Å². The van der Waals surface area contributed by atoms with Crippen molar-refractivity contribution in [1.82, 2.24) is 5.32 Å². The van der Waals surface area contributed by atoms with E-state index in [9.17, 15) is 9.59 Å². The van der Waals surface area contributed by atoms with Gasteiger partial charge >= 0.3 is 11.8 Å². The fourth-order valence-corrected chi connectivity index (χ4v) is 2.34. The maximum Gasteiger partial charge on any atom is 0.316 e. The van der Waals surface area contributed by atoms with E-state index in [2.05, 4.69) is 5.32 Å². The van der Waals surface area contributed by atoms with Gasteiger partial charge in [-0.2, -0.15) is 0 Å². The zero-order chi connectivity index (χ0) is 12.5. The Morgan fingerprint density at radius 1 is 1.22 bits per heavy atom. The Morgan fingerprint density at radius 3 is 2.78 bits per heavy atom. The number of para-hydroxylation sites is 1. The maximum absolute atomic E-state index is 12.1. The van der Waals surface area contributed by atoms with Gasteiger partial charge in [0.15, 0.2) is 0 Å². The topological polar surface area (TPSA) is 49.4 Å². The molecule has 1 aromatic rings. The summed E-state index contributed by atoms with van der Waals surface area (Å²) in [5.74, 6) is -0.886. The fourth-order valence-electron chi connectivity index (χ4n) is 2.34. The van der Waals surface area contributed by atoms with Crippen molar-refractivity contribution in [2.75, 3.05) is 11.4 Å². The first-order chi connectivity index (χ1) is 8.75. The molecule has 18 heavy (non-hydrogen) atoms. The second-order valence-corrected chi connectivity index (χ2v) is 4.94.